The molecule has 3 aromatic carbocycles. The van der Waals surface area contributed by atoms with Crippen molar-refractivity contribution in [3.8, 4) is 11.5 Å². The van der Waals surface area contributed by atoms with Gasteiger partial charge in [-0.3, -0.25) is 4.90 Å². The van der Waals surface area contributed by atoms with Gasteiger partial charge in [-0.15, -0.1) is 0 Å². The van der Waals surface area contributed by atoms with Gasteiger partial charge in [0.1, 0.15) is 5.60 Å². The van der Waals surface area contributed by atoms with Gasteiger partial charge >= 0.3 is 12.1 Å². The van der Waals surface area contributed by atoms with E-state index in [1.807, 2.05) is 80.3 Å². The number of hydrogen-bond acceptors (Lipinski definition) is 7. The summed E-state index contributed by atoms with van der Waals surface area (Å²) in [4.78, 5) is 27.5. The molecule has 3 aromatic rings. The number of carbonyl (C=O) groups is 2. The summed E-state index contributed by atoms with van der Waals surface area (Å²) in [5.41, 5.74) is 3.61. The van der Waals surface area contributed by atoms with Crippen molar-refractivity contribution in [1.82, 2.24) is 4.90 Å². The van der Waals surface area contributed by atoms with Crippen molar-refractivity contribution in [3.05, 3.63) is 89.0 Å². The van der Waals surface area contributed by atoms with Gasteiger partial charge in [-0.1, -0.05) is 30.3 Å². The number of amides is 1. The van der Waals surface area contributed by atoms with Crippen LogP contribution in [0.3, 0.4) is 0 Å². The molecule has 206 valence electrons. The Morgan fingerprint density at radius 3 is 2.15 bits per heavy atom. The summed E-state index contributed by atoms with van der Waals surface area (Å²) < 4.78 is 22.0. The van der Waals surface area contributed by atoms with Crippen LogP contribution in [-0.2, 0) is 15.9 Å². The minimum atomic E-state index is -0.669. The lowest BCUT2D eigenvalue weighted by Crippen LogP contribution is -2.52. The van der Waals surface area contributed by atoms with Crippen LogP contribution >= 0.6 is 0 Å². The maximum Gasteiger partial charge on any atom is 0.411 e. The molecule has 0 radical (unpaired) electrons. The summed E-state index contributed by atoms with van der Waals surface area (Å²) in [5.74, 6) is 0.846. The Hall–Kier alpha value is -4.20. The van der Waals surface area contributed by atoms with E-state index in [9.17, 15) is 9.59 Å². The van der Waals surface area contributed by atoms with Gasteiger partial charge in [0, 0.05) is 12.2 Å². The summed E-state index contributed by atoms with van der Waals surface area (Å²) in [6.45, 7) is 6.05. The van der Waals surface area contributed by atoms with Crippen molar-refractivity contribution in [3.63, 3.8) is 0 Å². The van der Waals surface area contributed by atoms with Crippen molar-refractivity contribution < 1.29 is 28.5 Å². The number of esters is 1. The minimum absolute atomic E-state index is 0.254. The molecule has 1 aliphatic heterocycles. The molecule has 0 saturated carbocycles. The third-order valence-corrected chi connectivity index (χ3v) is 6.63. The van der Waals surface area contributed by atoms with E-state index in [0.29, 0.717) is 30.0 Å². The highest BCUT2D eigenvalue weighted by atomic mass is 16.6. The molecule has 2 atom stereocenters. The molecule has 0 bridgehead atoms. The molecule has 39 heavy (non-hydrogen) atoms. The van der Waals surface area contributed by atoms with E-state index in [0.717, 1.165) is 22.4 Å². The highest BCUT2D eigenvalue weighted by Gasteiger charge is 2.41. The Morgan fingerprint density at radius 2 is 1.56 bits per heavy atom. The van der Waals surface area contributed by atoms with Crippen molar-refractivity contribution in [2.75, 3.05) is 33.2 Å². The molecule has 0 unspecified atom stereocenters. The fraction of sp³-hybridized carbons (Fsp3) is 0.355. The van der Waals surface area contributed by atoms with Crippen LogP contribution in [0.1, 0.15) is 53.9 Å². The van der Waals surface area contributed by atoms with E-state index >= 15 is 0 Å². The number of carbonyl (C=O) groups excluding carboxylic acids is 2. The van der Waals surface area contributed by atoms with Crippen LogP contribution in [0.4, 0.5) is 10.5 Å². The molecule has 8 heteroatoms. The summed E-state index contributed by atoms with van der Waals surface area (Å²) in [5, 5.41) is 3.44. The number of methoxy groups -OCH3 is 3. The van der Waals surface area contributed by atoms with Crippen LogP contribution in [0.15, 0.2) is 66.7 Å². The molecule has 0 saturated heterocycles. The molecular weight excluding hydrogens is 496 g/mol. The van der Waals surface area contributed by atoms with Gasteiger partial charge in [-0.25, -0.2) is 9.59 Å². The molecule has 0 aromatic heterocycles. The number of anilines is 1. The lowest BCUT2D eigenvalue weighted by atomic mass is 9.84. The zero-order valence-corrected chi connectivity index (χ0v) is 23.3. The Balaban J connectivity index is 1.76. The molecule has 0 fully saturated rings. The number of ether oxygens (including phenoxy) is 4. The largest absolute Gasteiger partial charge is 0.493 e. The quantitative estimate of drug-likeness (QED) is 0.382. The van der Waals surface area contributed by atoms with E-state index in [4.69, 9.17) is 18.9 Å². The first-order valence-electron chi connectivity index (χ1n) is 12.9. The first kappa shape index (κ1) is 27.8. The summed E-state index contributed by atoms with van der Waals surface area (Å²) >= 11 is 0. The van der Waals surface area contributed by atoms with E-state index in [2.05, 4.69) is 5.32 Å². The van der Waals surface area contributed by atoms with E-state index in [1.54, 1.807) is 26.4 Å². The minimum Gasteiger partial charge on any atom is -0.493 e. The summed E-state index contributed by atoms with van der Waals surface area (Å²) in [6.07, 6.45) is 0.176. The Bertz CT molecular complexity index is 1300. The highest BCUT2D eigenvalue weighted by molar-refractivity contribution is 5.89. The Kier molecular flexibility index (Phi) is 8.33. The van der Waals surface area contributed by atoms with Gasteiger partial charge in [0.25, 0.3) is 0 Å². The monoisotopic (exact) mass is 532 g/mol. The molecule has 0 spiro atoms. The second-order valence-corrected chi connectivity index (χ2v) is 10.4. The van der Waals surface area contributed by atoms with Crippen molar-refractivity contribution in [2.24, 2.45) is 0 Å². The Labute approximate surface area is 229 Å². The van der Waals surface area contributed by atoms with E-state index < -0.39 is 23.7 Å². The lowest BCUT2D eigenvalue weighted by molar-refractivity contribution is 0.00738. The normalized spacial score (nSPS) is 16.6. The molecule has 4 rings (SSSR count). The summed E-state index contributed by atoms with van der Waals surface area (Å²) in [6, 6.07) is 20.3. The smallest absolute Gasteiger partial charge is 0.411 e. The predicted octanol–water partition coefficient (Wildman–Crippen LogP) is 5.85. The molecular formula is C31H36N2O6. The van der Waals surface area contributed by atoms with Crippen molar-refractivity contribution >= 4 is 17.7 Å². The maximum atomic E-state index is 13.8. The van der Waals surface area contributed by atoms with Gasteiger partial charge in [-0.05, 0) is 80.3 Å². The number of benzene rings is 3. The van der Waals surface area contributed by atoms with Crippen molar-refractivity contribution in [1.29, 1.82) is 0 Å². The molecule has 1 heterocycles. The van der Waals surface area contributed by atoms with Gasteiger partial charge < -0.3 is 24.3 Å². The first-order valence-corrected chi connectivity index (χ1v) is 12.9. The maximum absolute atomic E-state index is 13.8. The number of fused-ring (bicyclic) bond motifs is 1. The van der Waals surface area contributed by atoms with Crippen LogP contribution in [0.5, 0.6) is 11.5 Å². The van der Waals surface area contributed by atoms with Crippen LogP contribution in [0, 0.1) is 0 Å². The average Bonchev–Trinajstić information content (AvgIpc) is 2.93. The van der Waals surface area contributed by atoms with Gasteiger partial charge in [0.15, 0.2) is 11.5 Å². The SMILES string of the molecule is COC(=O)c1ccc(NC[C@@H]2Cc3cc(OC)c(OC)cc3[C@H](c3ccccc3)N2C(=O)OC(C)(C)C)cc1. The zero-order valence-electron chi connectivity index (χ0n) is 23.3. The molecule has 1 aliphatic rings. The highest BCUT2D eigenvalue weighted by Crippen LogP contribution is 2.43. The second-order valence-electron chi connectivity index (χ2n) is 10.4. The topological polar surface area (TPSA) is 86.3 Å². The molecule has 0 aliphatic carbocycles. The van der Waals surface area contributed by atoms with Crippen LogP contribution in [0.2, 0.25) is 0 Å². The molecule has 1 amide bonds. The standard InChI is InChI=1S/C31H36N2O6/c1-31(2,3)39-30(35)33-24(19-32-23-14-12-21(13-15-23)29(34)38-6)16-22-17-26(36-4)27(37-5)18-25(22)28(33)20-10-8-7-9-11-20/h7-15,17-18,24,28,32H,16,19H2,1-6H3/t24-,28-/m0/s1. The van der Waals surface area contributed by atoms with Crippen LogP contribution in [-0.4, -0.2) is 56.5 Å². The van der Waals surface area contributed by atoms with E-state index in [1.165, 1.54) is 7.11 Å². The number of rotatable bonds is 7. The third-order valence-electron chi connectivity index (χ3n) is 6.63. The number of nitrogens with one attached hydrogen (secondary N) is 1. The number of nitrogens with zero attached hydrogens (tertiary/aromatic N) is 1. The third kappa shape index (κ3) is 6.28. The zero-order chi connectivity index (χ0) is 28.2. The lowest BCUT2D eigenvalue weighted by Gasteiger charge is -2.44. The molecule has 8 nitrogen and oxygen atoms in total. The first-order chi connectivity index (χ1) is 18.6. The summed E-state index contributed by atoms with van der Waals surface area (Å²) in [7, 11) is 4.58. The number of hydrogen-bond donors (Lipinski definition) is 1. The average molecular weight is 533 g/mol. The Morgan fingerprint density at radius 1 is 0.923 bits per heavy atom. The fourth-order valence-electron chi connectivity index (χ4n) is 4.87. The fourth-order valence-corrected chi connectivity index (χ4v) is 4.87. The molecule has 1 N–H and O–H groups in total. The van der Waals surface area contributed by atoms with Crippen LogP contribution < -0.4 is 14.8 Å². The van der Waals surface area contributed by atoms with E-state index in [-0.39, 0.29) is 6.04 Å². The van der Waals surface area contributed by atoms with Gasteiger partial charge in [-0.2, -0.15) is 0 Å². The van der Waals surface area contributed by atoms with Gasteiger partial charge in [0.2, 0.25) is 0 Å². The van der Waals surface area contributed by atoms with Crippen LogP contribution in [0.25, 0.3) is 0 Å². The van der Waals surface area contributed by atoms with Gasteiger partial charge in [0.05, 0.1) is 39.0 Å². The predicted molar refractivity (Wildman–Crippen MR) is 150 cm³/mol. The second kappa shape index (κ2) is 11.7. The van der Waals surface area contributed by atoms with Crippen molar-refractivity contribution in [2.45, 2.75) is 44.9 Å².